The van der Waals surface area contributed by atoms with Gasteiger partial charge in [0.1, 0.15) is 6.10 Å². The zero-order chi connectivity index (χ0) is 17.0. The molecule has 138 valence electrons. The highest BCUT2D eigenvalue weighted by Gasteiger charge is 2.36. The average molecular weight is 349 g/mol. The molecule has 0 aromatic heterocycles. The molecule has 23 heavy (non-hydrogen) atoms. The maximum absolute atomic E-state index is 5.87. The normalized spacial score (nSPS) is 19.0. The van der Waals surface area contributed by atoms with Crippen molar-refractivity contribution >= 4 is 8.80 Å². The lowest BCUT2D eigenvalue weighted by atomic mass is 10.1. The van der Waals surface area contributed by atoms with Crippen molar-refractivity contribution < 1.29 is 22.8 Å². The minimum absolute atomic E-state index is 0.381. The van der Waals surface area contributed by atoms with E-state index in [0.717, 1.165) is 32.1 Å². The van der Waals surface area contributed by atoms with E-state index >= 15 is 0 Å². The highest BCUT2D eigenvalue weighted by Crippen LogP contribution is 2.19. The third-order valence-corrected chi connectivity index (χ3v) is 7.40. The van der Waals surface area contributed by atoms with Crippen LogP contribution in [0, 0.1) is 0 Å². The summed E-state index contributed by atoms with van der Waals surface area (Å²) in [7, 11) is 2.69. The summed E-state index contributed by atoms with van der Waals surface area (Å²) in [6.45, 7) is 3.87. The van der Waals surface area contributed by atoms with Crippen LogP contribution in [0.1, 0.15) is 58.3 Å². The lowest BCUT2D eigenvalue weighted by Gasteiger charge is -2.24. The molecule has 6 heteroatoms. The number of ether oxygens (including phenoxy) is 2. The fourth-order valence-electron chi connectivity index (χ4n) is 2.79. The topological polar surface area (TPSA) is 49.5 Å². The standard InChI is InChI=1S/C17H36O5Si/c1-5-16(21-14-17-15-22-17)12-10-8-6-7-9-11-13-23(18-2,19-3)20-4/h16-17H,5-15H2,1-4H3. The van der Waals surface area contributed by atoms with Crippen molar-refractivity contribution in [3.8, 4) is 0 Å². The molecule has 1 aliphatic heterocycles. The zero-order valence-electron chi connectivity index (χ0n) is 15.5. The number of hydrogen-bond donors (Lipinski definition) is 0. The van der Waals surface area contributed by atoms with Crippen LogP contribution in [0.15, 0.2) is 0 Å². The largest absolute Gasteiger partial charge is 0.500 e. The molecule has 0 spiro atoms. The molecule has 1 rings (SSSR count). The van der Waals surface area contributed by atoms with Crippen molar-refractivity contribution in [3.63, 3.8) is 0 Å². The second-order valence-electron chi connectivity index (χ2n) is 6.27. The molecule has 0 radical (unpaired) electrons. The summed E-state index contributed by atoms with van der Waals surface area (Å²) >= 11 is 0. The van der Waals surface area contributed by atoms with Gasteiger partial charge in [-0.1, -0.05) is 39.0 Å². The Hall–Kier alpha value is 0.0169. The molecule has 0 aliphatic carbocycles. The zero-order valence-corrected chi connectivity index (χ0v) is 16.5. The molecule has 0 bridgehead atoms. The minimum atomic E-state index is -2.35. The number of epoxide rings is 1. The highest BCUT2D eigenvalue weighted by molar-refractivity contribution is 6.60. The fourth-order valence-corrected chi connectivity index (χ4v) is 4.59. The van der Waals surface area contributed by atoms with Gasteiger partial charge in [-0.2, -0.15) is 0 Å². The van der Waals surface area contributed by atoms with Crippen molar-refractivity contribution in [2.75, 3.05) is 34.5 Å². The molecule has 0 saturated carbocycles. The second-order valence-corrected chi connectivity index (χ2v) is 9.37. The SMILES string of the molecule is CCC(CCCCCCCC[Si](OC)(OC)OC)OCC1CO1. The molecule has 0 aromatic carbocycles. The summed E-state index contributed by atoms with van der Waals surface area (Å²) in [6, 6.07) is 0.908. The Morgan fingerprint density at radius 2 is 1.52 bits per heavy atom. The van der Waals surface area contributed by atoms with Gasteiger partial charge < -0.3 is 22.8 Å². The highest BCUT2D eigenvalue weighted by atomic mass is 28.4. The van der Waals surface area contributed by atoms with E-state index in [0.29, 0.717) is 12.2 Å². The van der Waals surface area contributed by atoms with Crippen LogP contribution < -0.4 is 0 Å². The van der Waals surface area contributed by atoms with Gasteiger partial charge in [0, 0.05) is 27.4 Å². The number of rotatable bonds is 16. The Morgan fingerprint density at radius 3 is 2.04 bits per heavy atom. The van der Waals surface area contributed by atoms with E-state index in [1.807, 2.05) is 0 Å². The summed E-state index contributed by atoms with van der Waals surface area (Å²) in [4.78, 5) is 0. The van der Waals surface area contributed by atoms with Crippen LogP contribution in [0.2, 0.25) is 6.04 Å². The molecule has 1 heterocycles. The summed E-state index contributed by atoms with van der Waals surface area (Å²) in [5.41, 5.74) is 0. The molecular formula is C17H36O5Si. The first-order chi connectivity index (χ1) is 11.2. The van der Waals surface area contributed by atoms with Crippen LogP contribution in [0.4, 0.5) is 0 Å². The molecule has 0 aromatic rings. The van der Waals surface area contributed by atoms with E-state index in [1.165, 1.54) is 38.5 Å². The molecule has 2 atom stereocenters. The van der Waals surface area contributed by atoms with Crippen LogP contribution in [0.25, 0.3) is 0 Å². The first kappa shape index (κ1) is 21.1. The molecule has 5 nitrogen and oxygen atoms in total. The maximum Gasteiger partial charge on any atom is 0.500 e. The van der Waals surface area contributed by atoms with E-state index in [2.05, 4.69) is 6.92 Å². The van der Waals surface area contributed by atoms with Gasteiger partial charge in [0.25, 0.3) is 0 Å². The minimum Gasteiger partial charge on any atom is -0.377 e. The fraction of sp³-hybridized carbons (Fsp3) is 1.00. The monoisotopic (exact) mass is 348 g/mol. The Labute approximate surface area is 143 Å². The predicted molar refractivity (Wildman–Crippen MR) is 93.7 cm³/mol. The molecule has 2 unspecified atom stereocenters. The summed E-state index contributed by atoms with van der Waals surface area (Å²) in [5, 5.41) is 0. The first-order valence-corrected chi connectivity index (χ1v) is 11.0. The van der Waals surface area contributed by atoms with Gasteiger partial charge in [-0.25, -0.2) is 0 Å². The lowest BCUT2D eigenvalue weighted by Crippen LogP contribution is -2.42. The van der Waals surface area contributed by atoms with Crippen molar-refractivity contribution in [2.45, 2.75) is 76.5 Å². The Morgan fingerprint density at radius 1 is 0.957 bits per heavy atom. The molecule has 1 aliphatic rings. The Balaban J connectivity index is 1.93. The second kappa shape index (κ2) is 12.4. The summed E-state index contributed by atoms with van der Waals surface area (Å²) < 4.78 is 27.4. The third-order valence-electron chi connectivity index (χ3n) is 4.57. The van der Waals surface area contributed by atoms with Crippen LogP contribution in [0.3, 0.4) is 0 Å². The first-order valence-electron chi connectivity index (χ1n) is 9.08. The molecule has 1 saturated heterocycles. The van der Waals surface area contributed by atoms with E-state index in [9.17, 15) is 0 Å². The van der Waals surface area contributed by atoms with Gasteiger partial charge in [0.15, 0.2) is 0 Å². The van der Waals surface area contributed by atoms with E-state index in [4.69, 9.17) is 22.8 Å². The van der Waals surface area contributed by atoms with Crippen LogP contribution in [-0.4, -0.2) is 55.6 Å². The number of unbranched alkanes of at least 4 members (excludes halogenated alkanes) is 5. The van der Waals surface area contributed by atoms with Crippen molar-refractivity contribution in [1.82, 2.24) is 0 Å². The summed E-state index contributed by atoms with van der Waals surface area (Å²) in [5.74, 6) is 0. The van der Waals surface area contributed by atoms with Crippen LogP contribution in [0.5, 0.6) is 0 Å². The van der Waals surface area contributed by atoms with Gasteiger partial charge in [0.2, 0.25) is 0 Å². The molecule has 0 N–H and O–H groups in total. The van der Waals surface area contributed by atoms with Crippen LogP contribution >= 0.6 is 0 Å². The quantitative estimate of drug-likeness (QED) is 0.241. The van der Waals surface area contributed by atoms with Crippen molar-refractivity contribution in [3.05, 3.63) is 0 Å². The van der Waals surface area contributed by atoms with Crippen molar-refractivity contribution in [1.29, 1.82) is 0 Å². The van der Waals surface area contributed by atoms with Gasteiger partial charge in [-0.3, -0.25) is 0 Å². The average Bonchev–Trinajstić information content (AvgIpc) is 3.41. The van der Waals surface area contributed by atoms with E-state index < -0.39 is 8.80 Å². The van der Waals surface area contributed by atoms with Crippen molar-refractivity contribution in [2.24, 2.45) is 0 Å². The van der Waals surface area contributed by atoms with Gasteiger partial charge in [-0.05, 0) is 19.3 Å². The van der Waals surface area contributed by atoms with Gasteiger partial charge in [-0.15, -0.1) is 0 Å². The third kappa shape index (κ3) is 9.17. The van der Waals surface area contributed by atoms with E-state index in [-0.39, 0.29) is 0 Å². The number of hydrogen-bond acceptors (Lipinski definition) is 5. The van der Waals surface area contributed by atoms with Gasteiger partial charge >= 0.3 is 8.80 Å². The Kier molecular flexibility index (Phi) is 11.3. The molecule has 1 fully saturated rings. The van der Waals surface area contributed by atoms with Gasteiger partial charge in [0.05, 0.1) is 19.3 Å². The molecule has 0 amide bonds. The predicted octanol–water partition coefficient (Wildman–Crippen LogP) is 3.79. The Bertz CT molecular complexity index is 274. The molecular weight excluding hydrogens is 312 g/mol. The van der Waals surface area contributed by atoms with E-state index in [1.54, 1.807) is 21.3 Å². The maximum atomic E-state index is 5.87. The summed E-state index contributed by atoms with van der Waals surface area (Å²) in [6.07, 6.45) is 10.5. The van der Waals surface area contributed by atoms with Crippen LogP contribution in [-0.2, 0) is 22.8 Å². The smallest absolute Gasteiger partial charge is 0.377 e. The lowest BCUT2D eigenvalue weighted by molar-refractivity contribution is 0.0334.